The highest BCUT2D eigenvalue weighted by Gasteiger charge is 2.26. The van der Waals surface area contributed by atoms with Crippen LogP contribution >= 0.6 is 11.8 Å². The molecule has 3 rings (SSSR count). The number of carbonyl (C=O) groups is 1. The first-order chi connectivity index (χ1) is 12.1. The molecule has 2 atom stereocenters. The Morgan fingerprint density at radius 3 is 2.72 bits per heavy atom. The van der Waals surface area contributed by atoms with E-state index in [9.17, 15) is 4.79 Å². The molecule has 0 bridgehead atoms. The van der Waals surface area contributed by atoms with E-state index in [2.05, 4.69) is 29.4 Å². The number of likely N-dealkylation sites (tertiary alicyclic amines) is 1. The number of para-hydroxylation sites is 2. The summed E-state index contributed by atoms with van der Waals surface area (Å²) < 4.78 is 6.98. The van der Waals surface area contributed by atoms with Crippen LogP contribution in [0, 0.1) is 11.8 Å². The summed E-state index contributed by atoms with van der Waals surface area (Å²) in [5.41, 5.74) is 0.755. The summed E-state index contributed by atoms with van der Waals surface area (Å²) in [7, 11) is 1.61. The number of hydrogen-bond donors (Lipinski definition) is 0. The van der Waals surface area contributed by atoms with E-state index in [0.717, 1.165) is 18.8 Å². The number of rotatable bonds is 5. The van der Waals surface area contributed by atoms with Crippen molar-refractivity contribution < 1.29 is 9.53 Å². The monoisotopic (exact) mass is 361 g/mol. The number of methoxy groups -OCH3 is 1. The fraction of sp³-hybridized carbons (Fsp3) is 0.529. The van der Waals surface area contributed by atoms with Gasteiger partial charge in [0.25, 0.3) is 0 Å². The van der Waals surface area contributed by atoms with Crippen LogP contribution in [0.5, 0.6) is 5.75 Å². The molecule has 2 unspecified atom stereocenters. The number of thioether (sulfide) groups is 1. The van der Waals surface area contributed by atoms with Crippen molar-refractivity contribution in [1.82, 2.24) is 25.1 Å². The second kappa shape index (κ2) is 7.86. The fourth-order valence-corrected chi connectivity index (χ4v) is 4.10. The number of nitrogens with zero attached hydrogens (tertiary/aromatic N) is 5. The van der Waals surface area contributed by atoms with Gasteiger partial charge in [0.2, 0.25) is 11.1 Å². The minimum absolute atomic E-state index is 0.137. The second-order valence-electron chi connectivity index (χ2n) is 6.58. The lowest BCUT2D eigenvalue weighted by molar-refractivity contribution is -0.130. The number of carbonyl (C=O) groups excluding carboxylic acids is 1. The van der Waals surface area contributed by atoms with Gasteiger partial charge in [0.05, 0.1) is 12.9 Å². The van der Waals surface area contributed by atoms with Crippen LogP contribution in [0.15, 0.2) is 29.4 Å². The van der Waals surface area contributed by atoms with Crippen LogP contribution in [0.1, 0.15) is 20.3 Å². The summed E-state index contributed by atoms with van der Waals surface area (Å²) >= 11 is 1.35. The predicted octanol–water partition coefficient (Wildman–Crippen LogP) is 2.27. The predicted molar refractivity (Wildman–Crippen MR) is 96.0 cm³/mol. The van der Waals surface area contributed by atoms with Crippen molar-refractivity contribution in [3.63, 3.8) is 0 Å². The number of aromatic nitrogens is 4. The standard InChI is InChI=1S/C17H23N5O2S/c1-12-8-13(2)10-21(9-12)16(23)11-25-17-18-19-20-22(17)14-6-4-5-7-15(14)24-3/h4-7,12-13H,8-11H2,1-3H3. The third-order valence-corrected chi connectivity index (χ3v) is 5.20. The Morgan fingerprint density at radius 2 is 2.00 bits per heavy atom. The third kappa shape index (κ3) is 4.12. The molecule has 1 aliphatic rings. The van der Waals surface area contributed by atoms with Crippen molar-refractivity contribution in [3.05, 3.63) is 24.3 Å². The molecule has 134 valence electrons. The highest BCUT2D eigenvalue weighted by Crippen LogP contribution is 2.26. The molecule has 0 spiro atoms. The van der Waals surface area contributed by atoms with E-state index < -0.39 is 0 Å². The smallest absolute Gasteiger partial charge is 0.233 e. The molecule has 1 fully saturated rings. The molecule has 0 aliphatic carbocycles. The van der Waals surface area contributed by atoms with Gasteiger partial charge in [-0.05, 0) is 40.8 Å². The number of piperidine rings is 1. The Labute approximate surface area is 151 Å². The molecule has 0 radical (unpaired) electrons. The number of amides is 1. The number of tetrazole rings is 1. The number of ether oxygens (including phenoxy) is 1. The Morgan fingerprint density at radius 1 is 1.28 bits per heavy atom. The van der Waals surface area contributed by atoms with Crippen LogP contribution < -0.4 is 4.74 Å². The van der Waals surface area contributed by atoms with Gasteiger partial charge in [-0.3, -0.25) is 4.79 Å². The third-order valence-electron chi connectivity index (χ3n) is 4.30. The molecule has 1 aromatic carbocycles. The van der Waals surface area contributed by atoms with Gasteiger partial charge in [-0.2, -0.15) is 4.68 Å². The highest BCUT2D eigenvalue weighted by atomic mass is 32.2. The van der Waals surface area contributed by atoms with Gasteiger partial charge in [0.15, 0.2) is 0 Å². The lowest BCUT2D eigenvalue weighted by atomic mass is 9.92. The Bertz CT molecular complexity index is 725. The van der Waals surface area contributed by atoms with Crippen LogP contribution in [0.3, 0.4) is 0 Å². The van der Waals surface area contributed by atoms with E-state index in [1.807, 2.05) is 29.2 Å². The topological polar surface area (TPSA) is 73.1 Å². The molecule has 1 aromatic heterocycles. The quantitative estimate of drug-likeness (QED) is 0.761. The summed E-state index contributed by atoms with van der Waals surface area (Å²) in [6, 6.07) is 7.53. The zero-order chi connectivity index (χ0) is 17.8. The van der Waals surface area contributed by atoms with Gasteiger partial charge in [0.1, 0.15) is 11.4 Å². The molecule has 1 aliphatic heterocycles. The van der Waals surface area contributed by atoms with Gasteiger partial charge in [0, 0.05) is 13.1 Å². The van der Waals surface area contributed by atoms with Gasteiger partial charge < -0.3 is 9.64 Å². The largest absolute Gasteiger partial charge is 0.494 e. The van der Waals surface area contributed by atoms with Crippen molar-refractivity contribution in [3.8, 4) is 11.4 Å². The van der Waals surface area contributed by atoms with Crippen molar-refractivity contribution >= 4 is 17.7 Å². The first-order valence-corrected chi connectivity index (χ1v) is 9.39. The second-order valence-corrected chi connectivity index (χ2v) is 7.52. The summed E-state index contributed by atoms with van der Waals surface area (Å²) in [6.45, 7) is 6.07. The van der Waals surface area contributed by atoms with Crippen molar-refractivity contribution in [2.75, 3.05) is 26.0 Å². The molecule has 2 aromatic rings. The molecule has 1 amide bonds. The molecule has 7 nitrogen and oxygen atoms in total. The van der Waals surface area contributed by atoms with Crippen LogP contribution in [0.25, 0.3) is 5.69 Å². The maximum absolute atomic E-state index is 12.6. The van der Waals surface area contributed by atoms with Crippen LogP contribution in [0.2, 0.25) is 0 Å². The minimum atomic E-state index is 0.137. The lowest BCUT2D eigenvalue weighted by Gasteiger charge is -2.34. The molecule has 0 saturated carbocycles. The summed E-state index contributed by atoms with van der Waals surface area (Å²) in [5.74, 6) is 2.25. The van der Waals surface area contributed by atoms with Gasteiger partial charge in [-0.1, -0.05) is 37.7 Å². The molecular formula is C17H23N5O2S. The Hall–Kier alpha value is -2.09. The minimum Gasteiger partial charge on any atom is -0.494 e. The van der Waals surface area contributed by atoms with E-state index >= 15 is 0 Å². The van der Waals surface area contributed by atoms with Crippen LogP contribution in [-0.2, 0) is 4.79 Å². The van der Waals surface area contributed by atoms with E-state index in [-0.39, 0.29) is 5.91 Å². The summed E-state index contributed by atoms with van der Waals surface area (Å²) in [6.07, 6.45) is 1.18. The average molecular weight is 361 g/mol. The van der Waals surface area contributed by atoms with Crippen molar-refractivity contribution in [1.29, 1.82) is 0 Å². The maximum atomic E-state index is 12.6. The van der Waals surface area contributed by atoms with Crippen molar-refractivity contribution in [2.45, 2.75) is 25.4 Å². The van der Waals surface area contributed by atoms with Crippen molar-refractivity contribution in [2.24, 2.45) is 11.8 Å². The highest BCUT2D eigenvalue weighted by molar-refractivity contribution is 7.99. The zero-order valence-corrected chi connectivity index (χ0v) is 15.6. The van der Waals surface area contributed by atoms with Gasteiger partial charge in [-0.15, -0.1) is 5.10 Å². The molecular weight excluding hydrogens is 338 g/mol. The van der Waals surface area contributed by atoms with Gasteiger partial charge in [-0.25, -0.2) is 0 Å². The molecule has 1 saturated heterocycles. The van der Waals surface area contributed by atoms with E-state index in [4.69, 9.17) is 4.74 Å². The van der Waals surface area contributed by atoms with Crippen LogP contribution in [-0.4, -0.2) is 57.0 Å². The first-order valence-electron chi connectivity index (χ1n) is 8.40. The number of hydrogen-bond acceptors (Lipinski definition) is 6. The summed E-state index contributed by atoms with van der Waals surface area (Å²) in [4.78, 5) is 14.5. The lowest BCUT2D eigenvalue weighted by Crippen LogP contribution is -2.43. The normalized spacial score (nSPS) is 20.5. The molecule has 2 heterocycles. The van der Waals surface area contributed by atoms with E-state index in [1.165, 1.54) is 18.2 Å². The zero-order valence-electron chi connectivity index (χ0n) is 14.8. The fourth-order valence-electron chi connectivity index (χ4n) is 3.31. The van der Waals surface area contributed by atoms with Gasteiger partial charge >= 0.3 is 0 Å². The molecule has 25 heavy (non-hydrogen) atoms. The van der Waals surface area contributed by atoms with E-state index in [1.54, 1.807) is 11.8 Å². The maximum Gasteiger partial charge on any atom is 0.233 e. The SMILES string of the molecule is COc1ccccc1-n1nnnc1SCC(=O)N1CC(C)CC(C)C1. The Kier molecular flexibility index (Phi) is 5.57. The summed E-state index contributed by atoms with van der Waals surface area (Å²) in [5, 5.41) is 12.4. The molecule has 0 N–H and O–H groups in total. The Balaban J connectivity index is 1.69. The first kappa shape index (κ1) is 17.7. The number of benzene rings is 1. The van der Waals surface area contributed by atoms with E-state index in [0.29, 0.717) is 28.5 Å². The molecule has 8 heteroatoms. The van der Waals surface area contributed by atoms with Crippen LogP contribution in [0.4, 0.5) is 0 Å². The average Bonchev–Trinajstić information content (AvgIpc) is 3.07.